The molecular weight excluding hydrogens is 525 g/mol. The number of carbonyl (C=O) groups is 2. The van der Waals surface area contributed by atoms with Crippen molar-refractivity contribution in [3.8, 4) is 17.1 Å². The third-order valence-electron chi connectivity index (χ3n) is 6.65. The van der Waals surface area contributed by atoms with Crippen LogP contribution in [0, 0.1) is 5.92 Å². The van der Waals surface area contributed by atoms with Crippen LogP contribution in [0.4, 0.5) is 17.2 Å². The summed E-state index contributed by atoms with van der Waals surface area (Å²) in [7, 11) is 18.1. The molecule has 0 unspecified atom stereocenters. The van der Waals surface area contributed by atoms with Gasteiger partial charge < -0.3 is 30.3 Å². The highest BCUT2D eigenvalue weighted by Crippen LogP contribution is 2.37. The molecule has 0 bridgehead atoms. The van der Waals surface area contributed by atoms with Crippen molar-refractivity contribution in [3.05, 3.63) is 35.9 Å². The molecule has 1 aliphatic heterocycles. The number of amides is 2. The third-order valence-corrected chi connectivity index (χ3v) is 6.65. The average molecular weight is 552 g/mol. The molecule has 2 aromatic heterocycles. The summed E-state index contributed by atoms with van der Waals surface area (Å²) >= 11 is 0. The van der Waals surface area contributed by atoms with Crippen molar-refractivity contribution >= 4 is 52.5 Å². The molecule has 1 aromatic carbocycles. The van der Waals surface area contributed by atoms with Crippen molar-refractivity contribution in [3.63, 3.8) is 0 Å². The predicted molar refractivity (Wildman–Crippen MR) is 151 cm³/mol. The molecule has 13 nitrogen and oxygen atoms in total. The van der Waals surface area contributed by atoms with Crippen LogP contribution in [0.2, 0.25) is 0 Å². The van der Waals surface area contributed by atoms with E-state index in [0.29, 0.717) is 48.1 Å². The molecule has 206 valence electrons. The highest BCUT2D eigenvalue weighted by molar-refractivity contribution is 6.60. The fourth-order valence-electron chi connectivity index (χ4n) is 4.42. The fraction of sp³-hybridized carbons (Fsp3) is 0.440. The van der Waals surface area contributed by atoms with Gasteiger partial charge in [-0.3, -0.25) is 14.5 Å². The van der Waals surface area contributed by atoms with E-state index in [0.717, 1.165) is 25.9 Å². The molecule has 6 radical (unpaired) electrons. The van der Waals surface area contributed by atoms with Crippen LogP contribution in [0.1, 0.15) is 42.1 Å². The maximum atomic E-state index is 12.9. The lowest BCUT2D eigenvalue weighted by Gasteiger charge is -2.27. The van der Waals surface area contributed by atoms with Crippen LogP contribution in [0.25, 0.3) is 11.4 Å². The van der Waals surface area contributed by atoms with Gasteiger partial charge in [0.1, 0.15) is 0 Å². The molecule has 2 amide bonds. The van der Waals surface area contributed by atoms with Crippen LogP contribution in [0.3, 0.4) is 0 Å². The molecule has 1 saturated heterocycles. The van der Waals surface area contributed by atoms with E-state index in [-0.39, 0.29) is 35.1 Å². The topological polar surface area (TPSA) is 168 Å². The highest BCUT2D eigenvalue weighted by atomic mass is 16.5. The summed E-state index contributed by atoms with van der Waals surface area (Å²) in [6.07, 6.45) is 2.72. The minimum absolute atomic E-state index is 0.0679. The summed E-state index contributed by atoms with van der Waals surface area (Å²) in [6.45, 7) is 1.93. The number of carbonyl (C=O) groups excluding carboxylic acids is 2. The lowest BCUT2D eigenvalue weighted by molar-refractivity contribution is -0.117. The molecule has 1 aliphatic carbocycles. The Kier molecular flexibility index (Phi) is 8.31. The number of aliphatic hydroxyl groups is 1. The first kappa shape index (κ1) is 28.6. The van der Waals surface area contributed by atoms with Gasteiger partial charge in [-0.25, -0.2) is 0 Å². The molecule has 0 spiro atoms. The standard InChI is InChI=1S/C25H27B3N8O5/c1-40-21-15(22-31-19(41-35-22)12-36-9-7-14(37)8-10-36)3-2-4-16(21)29-17-11-18(30-23(38)13-5-6-13)33-34-20(17)24(39)32-25(26,27)28/h2-4,11,13-14,37H,5-10,12H2,1H3,(H,32,39)(H2,29,30,33,38). The van der Waals surface area contributed by atoms with E-state index >= 15 is 0 Å². The fourth-order valence-corrected chi connectivity index (χ4v) is 4.42. The number of ether oxygens (including phenoxy) is 1. The Morgan fingerprint density at radius 2 is 1.90 bits per heavy atom. The quantitative estimate of drug-likeness (QED) is 0.258. The van der Waals surface area contributed by atoms with E-state index < -0.39 is 11.1 Å². The lowest BCUT2D eigenvalue weighted by atomic mass is 9.49. The van der Waals surface area contributed by atoms with Crippen molar-refractivity contribution < 1.29 is 24.0 Å². The predicted octanol–water partition coefficient (Wildman–Crippen LogP) is 0.431. The molecule has 1 saturated carbocycles. The summed E-state index contributed by atoms with van der Waals surface area (Å²) in [6, 6.07) is 6.69. The number of anilines is 3. The Morgan fingerprint density at radius 1 is 1.15 bits per heavy atom. The van der Waals surface area contributed by atoms with Gasteiger partial charge in [-0.1, -0.05) is 16.5 Å². The van der Waals surface area contributed by atoms with Crippen molar-refractivity contribution in [2.75, 3.05) is 30.8 Å². The minimum Gasteiger partial charge on any atom is -0.494 e. The second kappa shape index (κ2) is 11.9. The van der Waals surface area contributed by atoms with Crippen LogP contribution >= 0.6 is 0 Å². The monoisotopic (exact) mass is 552 g/mol. The second-order valence-electron chi connectivity index (χ2n) is 10.2. The number of methoxy groups -OCH3 is 1. The van der Waals surface area contributed by atoms with Crippen LogP contribution in [0.15, 0.2) is 28.8 Å². The van der Waals surface area contributed by atoms with Crippen LogP contribution in [-0.4, -0.2) is 97.2 Å². The van der Waals surface area contributed by atoms with E-state index in [9.17, 15) is 14.7 Å². The van der Waals surface area contributed by atoms with Gasteiger partial charge in [0.05, 0.1) is 60.2 Å². The zero-order valence-electron chi connectivity index (χ0n) is 22.5. The lowest BCUT2D eigenvalue weighted by Crippen LogP contribution is -2.50. The third kappa shape index (κ3) is 7.25. The van der Waals surface area contributed by atoms with Crippen LogP contribution < -0.4 is 20.7 Å². The summed E-state index contributed by atoms with van der Waals surface area (Å²) in [5.41, 5.74) is 0.953. The van der Waals surface area contributed by atoms with E-state index in [1.54, 1.807) is 18.2 Å². The minimum atomic E-state index is -2.00. The second-order valence-corrected chi connectivity index (χ2v) is 10.2. The van der Waals surface area contributed by atoms with Crippen LogP contribution in [0.5, 0.6) is 5.75 Å². The number of nitrogens with zero attached hydrogens (tertiary/aromatic N) is 5. The molecule has 0 atom stereocenters. The highest BCUT2D eigenvalue weighted by Gasteiger charge is 2.30. The Morgan fingerprint density at radius 3 is 2.59 bits per heavy atom. The molecule has 5 rings (SSSR count). The number of nitrogens with one attached hydrogen (secondary N) is 3. The molecule has 3 heterocycles. The zero-order valence-corrected chi connectivity index (χ0v) is 22.5. The first-order chi connectivity index (χ1) is 19.6. The number of hydrogen-bond acceptors (Lipinski definition) is 11. The number of benzene rings is 1. The Labute approximate surface area is 240 Å². The first-order valence-electron chi connectivity index (χ1n) is 13.1. The molecule has 4 N–H and O–H groups in total. The Balaban J connectivity index is 1.42. The summed E-state index contributed by atoms with van der Waals surface area (Å²) in [5, 5.41) is 27.9. The normalized spacial score (nSPS) is 16.2. The van der Waals surface area contributed by atoms with Gasteiger partial charge in [0.25, 0.3) is 5.91 Å². The van der Waals surface area contributed by atoms with E-state index in [1.807, 2.05) is 0 Å². The van der Waals surface area contributed by atoms with Gasteiger partial charge in [-0.2, -0.15) is 4.98 Å². The largest absolute Gasteiger partial charge is 0.494 e. The van der Waals surface area contributed by atoms with E-state index in [1.165, 1.54) is 13.2 Å². The molecule has 41 heavy (non-hydrogen) atoms. The summed E-state index contributed by atoms with van der Waals surface area (Å²) in [4.78, 5) is 31.9. The molecule has 16 heteroatoms. The molecule has 3 aromatic rings. The SMILES string of the molecule is [B]C([B])([B])NC(=O)c1nnc(NC(=O)C2CC2)cc1Nc1cccc(-c2noc(CN3CCC(O)CC3)n2)c1OC. The zero-order chi connectivity index (χ0) is 29.1. The number of aliphatic hydroxyl groups excluding tert-OH is 1. The van der Waals surface area contributed by atoms with Gasteiger partial charge in [-0.15, -0.1) is 10.2 Å². The van der Waals surface area contributed by atoms with E-state index in [2.05, 4.69) is 41.2 Å². The van der Waals surface area contributed by atoms with Gasteiger partial charge in [0.15, 0.2) is 17.3 Å². The Bertz CT molecular complexity index is 1420. The van der Waals surface area contributed by atoms with Crippen molar-refractivity contribution in [2.45, 2.75) is 43.6 Å². The van der Waals surface area contributed by atoms with Crippen molar-refractivity contribution in [2.24, 2.45) is 5.92 Å². The Hall–Kier alpha value is -3.91. The van der Waals surface area contributed by atoms with Crippen molar-refractivity contribution in [1.29, 1.82) is 0 Å². The maximum absolute atomic E-state index is 12.9. The molecule has 2 fully saturated rings. The number of piperidine rings is 1. The number of aromatic nitrogens is 4. The van der Waals surface area contributed by atoms with Gasteiger partial charge >= 0.3 is 0 Å². The van der Waals surface area contributed by atoms with Gasteiger partial charge in [-0.05, 0) is 37.8 Å². The number of likely N-dealkylation sites (tertiary alicyclic amines) is 1. The molecular formula is C25H27B3N8O5. The summed E-state index contributed by atoms with van der Waals surface area (Å²) in [5.74, 6) is 0.194. The summed E-state index contributed by atoms with van der Waals surface area (Å²) < 4.78 is 11.2. The number of para-hydroxylation sites is 1. The number of hydrogen-bond donors (Lipinski definition) is 4. The van der Waals surface area contributed by atoms with E-state index in [4.69, 9.17) is 32.8 Å². The van der Waals surface area contributed by atoms with Gasteiger partial charge in [0.2, 0.25) is 17.6 Å². The first-order valence-corrected chi connectivity index (χ1v) is 13.1. The number of rotatable bonds is 10. The molecule has 2 aliphatic rings. The van der Waals surface area contributed by atoms with Crippen molar-refractivity contribution in [1.82, 2.24) is 30.6 Å². The smallest absolute Gasteiger partial charge is 0.272 e. The van der Waals surface area contributed by atoms with Crippen LogP contribution in [-0.2, 0) is 11.3 Å². The maximum Gasteiger partial charge on any atom is 0.272 e. The van der Waals surface area contributed by atoms with Gasteiger partial charge in [0, 0.05) is 25.1 Å². The average Bonchev–Trinajstić information content (AvgIpc) is 3.68.